The van der Waals surface area contributed by atoms with E-state index in [0.717, 1.165) is 10.4 Å². The highest BCUT2D eigenvalue weighted by Gasteiger charge is 2.33. The van der Waals surface area contributed by atoms with Crippen LogP contribution in [0.2, 0.25) is 5.02 Å². The van der Waals surface area contributed by atoms with Crippen LogP contribution in [-0.2, 0) is 27.5 Å². The number of halogens is 5. The Morgan fingerprint density at radius 3 is 2.24 bits per heavy atom. The van der Waals surface area contributed by atoms with Gasteiger partial charge in [-0.2, -0.15) is 17.5 Å². The maximum absolute atomic E-state index is 13.2. The Morgan fingerprint density at radius 2 is 1.64 bits per heavy atom. The third-order valence-corrected chi connectivity index (χ3v) is 7.19. The SMILES string of the molecule is O=C(CN(Cc1ccccc1)S(=O)(=O)c1ccc(Br)cc1)Nc1ccc(Cl)c(C(F)(F)F)c1. The van der Waals surface area contributed by atoms with Crippen molar-refractivity contribution in [2.45, 2.75) is 17.6 Å². The molecule has 1 amide bonds. The van der Waals surface area contributed by atoms with Crippen molar-refractivity contribution in [2.24, 2.45) is 0 Å². The summed E-state index contributed by atoms with van der Waals surface area (Å²) in [6.07, 6.45) is -4.71. The average molecular weight is 562 g/mol. The molecule has 3 rings (SSSR count). The van der Waals surface area contributed by atoms with E-state index in [9.17, 15) is 26.4 Å². The predicted octanol–water partition coefficient (Wildman–Crippen LogP) is 5.95. The number of carbonyl (C=O) groups is 1. The topological polar surface area (TPSA) is 66.5 Å². The quantitative estimate of drug-likeness (QED) is 0.388. The van der Waals surface area contributed by atoms with Crippen molar-refractivity contribution in [3.8, 4) is 0 Å². The molecule has 0 bridgehead atoms. The molecule has 0 radical (unpaired) electrons. The van der Waals surface area contributed by atoms with E-state index in [0.29, 0.717) is 16.1 Å². The van der Waals surface area contributed by atoms with Gasteiger partial charge in [-0.3, -0.25) is 4.79 Å². The zero-order valence-corrected chi connectivity index (χ0v) is 20.0. The maximum Gasteiger partial charge on any atom is 0.417 e. The van der Waals surface area contributed by atoms with Crippen molar-refractivity contribution in [1.29, 1.82) is 0 Å². The van der Waals surface area contributed by atoms with Crippen LogP contribution in [-0.4, -0.2) is 25.2 Å². The Bertz CT molecular complexity index is 1240. The van der Waals surface area contributed by atoms with Gasteiger partial charge in [0.1, 0.15) is 0 Å². The molecule has 0 spiro atoms. The molecule has 0 aromatic heterocycles. The normalized spacial score (nSPS) is 12.1. The lowest BCUT2D eigenvalue weighted by Crippen LogP contribution is -2.37. The van der Waals surface area contributed by atoms with Crippen LogP contribution in [0.1, 0.15) is 11.1 Å². The van der Waals surface area contributed by atoms with Gasteiger partial charge in [-0.1, -0.05) is 57.9 Å². The van der Waals surface area contributed by atoms with E-state index >= 15 is 0 Å². The molecule has 0 aliphatic rings. The van der Waals surface area contributed by atoms with Crippen molar-refractivity contribution in [2.75, 3.05) is 11.9 Å². The molecule has 33 heavy (non-hydrogen) atoms. The lowest BCUT2D eigenvalue weighted by atomic mass is 10.2. The van der Waals surface area contributed by atoms with Gasteiger partial charge in [0.15, 0.2) is 0 Å². The predicted molar refractivity (Wildman–Crippen MR) is 123 cm³/mol. The first-order valence-electron chi connectivity index (χ1n) is 9.43. The van der Waals surface area contributed by atoms with Crippen molar-refractivity contribution in [3.05, 3.63) is 93.4 Å². The second-order valence-electron chi connectivity index (χ2n) is 6.95. The molecule has 0 saturated carbocycles. The lowest BCUT2D eigenvalue weighted by Gasteiger charge is -2.22. The van der Waals surface area contributed by atoms with Gasteiger partial charge in [-0.15, -0.1) is 0 Å². The molecular weight excluding hydrogens is 545 g/mol. The monoisotopic (exact) mass is 560 g/mol. The van der Waals surface area contributed by atoms with Crippen LogP contribution in [0.4, 0.5) is 18.9 Å². The third-order valence-electron chi connectivity index (χ3n) is 4.53. The first kappa shape index (κ1) is 25.2. The standard InChI is InChI=1S/C22H17BrClF3N2O3S/c23-16-6-9-18(10-7-16)33(31,32)29(13-15-4-2-1-3-5-15)14-21(30)28-17-8-11-20(24)19(12-17)22(25,26)27/h1-12H,13-14H2,(H,28,30). The van der Waals surface area contributed by atoms with E-state index in [-0.39, 0.29) is 17.1 Å². The van der Waals surface area contributed by atoms with Crippen LogP contribution >= 0.6 is 27.5 Å². The summed E-state index contributed by atoms with van der Waals surface area (Å²) in [4.78, 5) is 12.6. The van der Waals surface area contributed by atoms with Gasteiger partial charge in [-0.25, -0.2) is 8.42 Å². The minimum absolute atomic E-state index is 0.0275. The number of anilines is 1. The molecular formula is C22H17BrClF3N2O3S. The number of amides is 1. The van der Waals surface area contributed by atoms with Crippen molar-refractivity contribution in [1.82, 2.24) is 4.31 Å². The summed E-state index contributed by atoms with van der Waals surface area (Å²) in [6, 6.07) is 17.5. The molecule has 0 aliphatic heterocycles. The average Bonchev–Trinajstić information content (AvgIpc) is 2.75. The minimum Gasteiger partial charge on any atom is -0.325 e. The van der Waals surface area contributed by atoms with Gasteiger partial charge in [0.2, 0.25) is 15.9 Å². The van der Waals surface area contributed by atoms with Crippen LogP contribution in [0, 0.1) is 0 Å². The van der Waals surface area contributed by atoms with Gasteiger partial charge in [0.05, 0.1) is 22.0 Å². The first-order chi connectivity index (χ1) is 15.5. The number of alkyl halides is 3. The van der Waals surface area contributed by atoms with Crippen LogP contribution in [0.3, 0.4) is 0 Å². The zero-order valence-electron chi connectivity index (χ0n) is 16.8. The Morgan fingerprint density at radius 1 is 1.00 bits per heavy atom. The van der Waals surface area contributed by atoms with Crippen LogP contribution in [0.25, 0.3) is 0 Å². The zero-order chi connectivity index (χ0) is 24.2. The summed E-state index contributed by atoms with van der Waals surface area (Å²) in [7, 11) is -4.09. The van der Waals surface area contributed by atoms with E-state index in [2.05, 4.69) is 21.2 Å². The molecule has 0 heterocycles. The lowest BCUT2D eigenvalue weighted by molar-refractivity contribution is -0.137. The van der Waals surface area contributed by atoms with Gasteiger partial charge in [0, 0.05) is 16.7 Å². The summed E-state index contributed by atoms with van der Waals surface area (Å²) in [5.41, 5.74) is -0.625. The maximum atomic E-state index is 13.2. The minimum atomic E-state index is -4.71. The number of benzene rings is 3. The van der Waals surface area contributed by atoms with Crippen molar-refractivity contribution in [3.63, 3.8) is 0 Å². The molecule has 174 valence electrons. The van der Waals surface area contributed by atoms with E-state index in [4.69, 9.17) is 11.6 Å². The molecule has 0 atom stereocenters. The fourth-order valence-electron chi connectivity index (χ4n) is 2.95. The molecule has 0 fully saturated rings. The molecule has 0 unspecified atom stereocenters. The number of nitrogens with zero attached hydrogens (tertiary/aromatic N) is 1. The Hall–Kier alpha value is -2.40. The van der Waals surface area contributed by atoms with E-state index < -0.39 is 39.2 Å². The number of rotatable bonds is 7. The Kier molecular flexibility index (Phi) is 7.84. The molecule has 0 aliphatic carbocycles. The molecule has 3 aromatic rings. The van der Waals surface area contributed by atoms with Gasteiger partial charge < -0.3 is 5.32 Å². The van der Waals surface area contributed by atoms with Gasteiger partial charge in [-0.05, 0) is 48.0 Å². The highest BCUT2D eigenvalue weighted by atomic mass is 79.9. The first-order valence-corrected chi connectivity index (χ1v) is 12.0. The number of hydrogen-bond donors (Lipinski definition) is 1. The van der Waals surface area contributed by atoms with Crippen molar-refractivity contribution >= 4 is 49.1 Å². The van der Waals surface area contributed by atoms with E-state index in [1.54, 1.807) is 42.5 Å². The summed E-state index contributed by atoms with van der Waals surface area (Å²) >= 11 is 8.85. The highest BCUT2D eigenvalue weighted by molar-refractivity contribution is 9.10. The highest BCUT2D eigenvalue weighted by Crippen LogP contribution is 2.36. The Labute approximate surface area is 202 Å². The second kappa shape index (κ2) is 10.3. The van der Waals surface area contributed by atoms with Crippen LogP contribution in [0.5, 0.6) is 0 Å². The fraction of sp³-hybridized carbons (Fsp3) is 0.136. The van der Waals surface area contributed by atoms with Gasteiger partial charge >= 0.3 is 6.18 Å². The molecule has 11 heteroatoms. The molecule has 5 nitrogen and oxygen atoms in total. The molecule has 3 aromatic carbocycles. The van der Waals surface area contributed by atoms with Crippen LogP contribution < -0.4 is 5.32 Å². The number of nitrogens with one attached hydrogen (secondary N) is 1. The summed E-state index contributed by atoms with van der Waals surface area (Å²) < 4.78 is 67.4. The number of sulfonamides is 1. The number of hydrogen-bond acceptors (Lipinski definition) is 3. The van der Waals surface area contributed by atoms with Gasteiger partial charge in [0.25, 0.3) is 0 Å². The molecule has 1 N–H and O–H groups in total. The van der Waals surface area contributed by atoms with Crippen molar-refractivity contribution < 1.29 is 26.4 Å². The van der Waals surface area contributed by atoms with E-state index in [1.807, 2.05) is 0 Å². The number of carbonyl (C=O) groups excluding carboxylic acids is 1. The summed E-state index contributed by atoms with van der Waals surface area (Å²) in [5, 5.41) is 1.81. The van der Waals surface area contributed by atoms with Crippen LogP contribution in [0.15, 0.2) is 82.2 Å². The fourth-order valence-corrected chi connectivity index (χ4v) is 4.82. The second-order valence-corrected chi connectivity index (χ2v) is 10.2. The summed E-state index contributed by atoms with van der Waals surface area (Å²) in [6.45, 7) is -0.724. The van der Waals surface area contributed by atoms with E-state index in [1.165, 1.54) is 18.2 Å². The Balaban J connectivity index is 1.87. The largest absolute Gasteiger partial charge is 0.417 e. The summed E-state index contributed by atoms with van der Waals surface area (Å²) in [5.74, 6) is -0.804. The molecule has 0 saturated heterocycles. The third kappa shape index (κ3) is 6.57. The smallest absolute Gasteiger partial charge is 0.325 e.